The van der Waals surface area contributed by atoms with E-state index in [9.17, 15) is 14.4 Å². The van der Waals surface area contributed by atoms with E-state index in [4.69, 9.17) is 34.8 Å². The van der Waals surface area contributed by atoms with Crippen LogP contribution in [0.4, 0.5) is 0 Å². The van der Waals surface area contributed by atoms with Gasteiger partial charge < -0.3 is 5.32 Å². The van der Waals surface area contributed by atoms with Gasteiger partial charge in [-0.25, -0.2) is 4.79 Å². The van der Waals surface area contributed by atoms with Crippen LogP contribution in [0.5, 0.6) is 0 Å². The van der Waals surface area contributed by atoms with Crippen molar-refractivity contribution in [3.8, 4) is 0 Å². The van der Waals surface area contributed by atoms with E-state index in [1.807, 2.05) is 0 Å². The highest BCUT2D eigenvalue weighted by molar-refractivity contribution is 6.67. The van der Waals surface area contributed by atoms with E-state index in [0.717, 1.165) is 29.9 Å². The van der Waals surface area contributed by atoms with Crippen molar-refractivity contribution in [1.29, 1.82) is 0 Å². The molecule has 9 heteroatoms. The van der Waals surface area contributed by atoms with Gasteiger partial charge in [0.25, 0.3) is 5.56 Å². The fourth-order valence-electron chi connectivity index (χ4n) is 3.75. The van der Waals surface area contributed by atoms with Gasteiger partial charge in [-0.1, -0.05) is 41.2 Å². The van der Waals surface area contributed by atoms with Gasteiger partial charge in [-0.2, -0.15) is 0 Å². The molecule has 6 nitrogen and oxygen atoms in total. The van der Waals surface area contributed by atoms with Crippen LogP contribution >= 0.6 is 34.8 Å². The third-order valence-corrected chi connectivity index (χ3v) is 5.41. The maximum atomic E-state index is 12.6. The molecule has 23 heavy (non-hydrogen) atoms. The van der Waals surface area contributed by atoms with Gasteiger partial charge in [0.1, 0.15) is 0 Å². The van der Waals surface area contributed by atoms with Crippen molar-refractivity contribution < 1.29 is 4.79 Å². The third-order valence-electron chi connectivity index (χ3n) is 4.79. The van der Waals surface area contributed by atoms with Crippen molar-refractivity contribution in [2.24, 2.45) is 17.8 Å². The number of fused-ring (bicyclic) bond motifs is 2. The van der Waals surface area contributed by atoms with Gasteiger partial charge in [0.05, 0.1) is 0 Å². The third kappa shape index (κ3) is 3.44. The lowest BCUT2D eigenvalue weighted by atomic mass is 9.88. The van der Waals surface area contributed by atoms with Crippen LogP contribution in [0.2, 0.25) is 0 Å². The zero-order chi connectivity index (χ0) is 16.8. The van der Waals surface area contributed by atoms with E-state index in [-0.39, 0.29) is 11.8 Å². The minimum Gasteiger partial charge on any atom is -0.332 e. The fraction of sp³-hybridized carbons (Fsp3) is 0.643. The first kappa shape index (κ1) is 16.9. The summed E-state index contributed by atoms with van der Waals surface area (Å²) in [5.41, 5.74) is -1.31. The normalized spacial score (nSPS) is 27.9. The Bertz CT molecular complexity index is 724. The summed E-state index contributed by atoms with van der Waals surface area (Å²) in [6.07, 6.45) is 4.12. The number of rotatable bonds is 3. The Kier molecular flexibility index (Phi) is 4.51. The first-order chi connectivity index (χ1) is 10.8. The number of hydrogen-bond acceptors (Lipinski definition) is 3. The highest BCUT2D eigenvalue weighted by Crippen LogP contribution is 2.48. The number of carbonyl (C=O) groups excluding carboxylic acids is 1. The molecule has 0 aromatic carbocycles. The van der Waals surface area contributed by atoms with Gasteiger partial charge in [0, 0.05) is 18.2 Å². The fourth-order valence-corrected chi connectivity index (χ4v) is 4.23. The molecule has 126 valence electrons. The van der Waals surface area contributed by atoms with Crippen LogP contribution in [0.15, 0.2) is 21.9 Å². The van der Waals surface area contributed by atoms with Crippen LogP contribution in [0.1, 0.15) is 31.8 Å². The van der Waals surface area contributed by atoms with Crippen LogP contribution < -0.4 is 16.6 Å². The highest BCUT2D eigenvalue weighted by atomic mass is 35.6. The molecule has 0 aliphatic heterocycles. The topological polar surface area (TPSA) is 84.0 Å². The standard InChI is InChI=1S/C14H16Cl3N3O3/c15-14(16,17)12(20-4-3-10(21)18-13(20)23)19-11(22)9-6-7-1-2-8(9)5-7/h3-4,7-9,12H,1-2,5-6H2,(H,19,22)(H,18,21,23)/t7-,8-,9+,12-/m0/s1. The number of amides is 1. The minimum atomic E-state index is -1.94. The molecule has 3 rings (SSSR count). The zero-order valence-corrected chi connectivity index (χ0v) is 14.4. The van der Waals surface area contributed by atoms with E-state index < -0.39 is 21.2 Å². The van der Waals surface area contributed by atoms with Crippen LogP contribution in [-0.2, 0) is 4.79 Å². The average molecular weight is 381 g/mol. The van der Waals surface area contributed by atoms with Crippen LogP contribution in [0, 0.1) is 17.8 Å². The highest BCUT2D eigenvalue weighted by Gasteiger charge is 2.45. The van der Waals surface area contributed by atoms with Crippen molar-refractivity contribution in [1.82, 2.24) is 14.9 Å². The van der Waals surface area contributed by atoms with Crippen molar-refractivity contribution in [2.75, 3.05) is 0 Å². The van der Waals surface area contributed by atoms with Crippen molar-refractivity contribution in [2.45, 2.75) is 35.6 Å². The molecule has 0 radical (unpaired) electrons. The molecule has 2 bridgehead atoms. The molecule has 0 saturated heterocycles. The van der Waals surface area contributed by atoms with E-state index in [1.54, 1.807) is 0 Å². The molecule has 2 aliphatic carbocycles. The molecule has 2 fully saturated rings. The second kappa shape index (κ2) is 6.15. The summed E-state index contributed by atoms with van der Waals surface area (Å²) in [6, 6.07) is 1.13. The average Bonchev–Trinajstić information content (AvgIpc) is 3.06. The zero-order valence-electron chi connectivity index (χ0n) is 12.1. The monoisotopic (exact) mass is 379 g/mol. The van der Waals surface area contributed by atoms with Crippen molar-refractivity contribution in [3.63, 3.8) is 0 Å². The van der Waals surface area contributed by atoms with Gasteiger partial charge >= 0.3 is 5.69 Å². The van der Waals surface area contributed by atoms with Crippen molar-refractivity contribution in [3.05, 3.63) is 33.1 Å². The van der Waals surface area contributed by atoms with E-state index in [2.05, 4.69) is 10.3 Å². The number of halogens is 3. The molecular formula is C14H16Cl3N3O3. The Hall–Kier alpha value is -0.980. The molecule has 0 spiro atoms. The van der Waals surface area contributed by atoms with E-state index in [1.165, 1.54) is 12.6 Å². The number of H-pyrrole nitrogens is 1. The number of aromatic amines is 1. The molecule has 2 aliphatic rings. The van der Waals surface area contributed by atoms with Gasteiger partial charge in [0.2, 0.25) is 9.70 Å². The number of alkyl halides is 3. The summed E-state index contributed by atoms with van der Waals surface area (Å²) in [5, 5.41) is 2.67. The lowest BCUT2D eigenvalue weighted by Crippen LogP contribution is -2.48. The van der Waals surface area contributed by atoms with E-state index >= 15 is 0 Å². The van der Waals surface area contributed by atoms with Crippen LogP contribution in [0.3, 0.4) is 0 Å². The second-order valence-electron chi connectivity index (χ2n) is 6.25. The minimum absolute atomic E-state index is 0.109. The molecule has 4 atom stereocenters. The largest absolute Gasteiger partial charge is 0.332 e. The summed E-state index contributed by atoms with van der Waals surface area (Å²) < 4.78 is -0.922. The predicted molar refractivity (Wildman–Crippen MR) is 87.7 cm³/mol. The Morgan fingerprint density at radius 1 is 1.30 bits per heavy atom. The first-order valence-electron chi connectivity index (χ1n) is 7.44. The van der Waals surface area contributed by atoms with Crippen LogP contribution in [-0.4, -0.2) is 19.3 Å². The molecule has 1 aromatic rings. The maximum absolute atomic E-state index is 12.6. The Morgan fingerprint density at radius 2 is 2.04 bits per heavy atom. The summed E-state index contributed by atoms with van der Waals surface area (Å²) >= 11 is 17.8. The summed E-state index contributed by atoms with van der Waals surface area (Å²) in [7, 11) is 0. The summed E-state index contributed by atoms with van der Waals surface area (Å²) in [6.45, 7) is 0. The van der Waals surface area contributed by atoms with Gasteiger partial charge in [-0.3, -0.25) is 19.1 Å². The van der Waals surface area contributed by atoms with Crippen LogP contribution in [0.25, 0.3) is 0 Å². The van der Waals surface area contributed by atoms with Gasteiger partial charge in [0.15, 0.2) is 6.17 Å². The molecule has 1 aromatic heterocycles. The predicted octanol–water partition coefficient (Wildman–Crippen LogP) is 1.96. The Labute approximate surface area is 147 Å². The molecule has 1 heterocycles. The molecule has 2 saturated carbocycles. The number of aromatic nitrogens is 2. The van der Waals surface area contributed by atoms with Gasteiger partial charge in [-0.15, -0.1) is 0 Å². The molecule has 2 N–H and O–H groups in total. The van der Waals surface area contributed by atoms with E-state index in [0.29, 0.717) is 11.8 Å². The summed E-state index contributed by atoms with van der Waals surface area (Å²) in [5.74, 6) is 0.634. The molecular weight excluding hydrogens is 365 g/mol. The number of hydrogen-bond donors (Lipinski definition) is 2. The van der Waals surface area contributed by atoms with Gasteiger partial charge in [-0.05, 0) is 31.1 Å². The first-order valence-corrected chi connectivity index (χ1v) is 8.57. The van der Waals surface area contributed by atoms with Crippen molar-refractivity contribution >= 4 is 40.7 Å². The number of nitrogens with zero attached hydrogens (tertiary/aromatic N) is 1. The molecule has 1 amide bonds. The lowest BCUT2D eigenvalue weighted by molar-refractivity contribution is -0.127. The number of nitrogens with one attached hydrogen (secondary N) is 2. The second-order valence-corrected chi connectivity index (χ2v) is 8.62. The lowest BCUT2D eigenvalue weighted by Gasteiger charge is -2.29. The Balaban J connectivity index is 1.84. The number of carbonyl (C=O) groups is 1. The SMILES string of the molecule is O=C(N[C@@H](n1ccc(=O)[nH]c1=O)C(Cl)(Cl)Cl)[C@@H]1C[C@H]2CC[C@H]1C2. The quantitative estimate of drug-likeness (QED) is 0.786. The molecule has 0 unspecified atom stereocenters. The smallest absolute Gasteiger partial charge is 0.330 e. The maximum Gasteiger partial charge on any atom is 0.330 e. The summed E-state index contributed by atoms with van der Waals surface area (Å²) in [4.78, 5) is 37.8. The Morgan fingerprint density at radius 3 is 2.57 bits per heavy atom.